The molecule has 0 spiro atoms. The van der Waals surface area contributed by atoms with Gasteiger partial charge in [-0.1, -0.05) is 17.7 Å². The summed E-state index contributed by atoms with van der Waals surface area (Å²) in [6, 6.07) is 14.2. The van der Waals surface area contributed by atoms with Crippen LogP contribution in [0.2, 0.25) is 0 Å². The van der Waals surface area contributed by atoms with Crippen molar-refractivity contribution in [2.75, 3.05) is 19.0 Å². The first-order valence-electron chi connectivity index (χ1n) is 8.12. The molecule has 2 aromatic carbocycles. The van der Waals surface area contributed by atoms with Gasteiger partial charge < -0.3 is 15.4 Å². The molecule has 0 aliphatic rings. The van der Waals surface area contributed by atoms with Crippen LogP contribution in [0.4, 0.5) is 5.69 Å². The van der Waals surface area contributed by atoms with Crippen LogP contribution in [0.3, 0.4) is 0 Å². The molecular weight excluding hydrogens is 348 g/mol. The van der Waals surface area contributed by atoms with E-state index < -0.39 is 11.8 Å². The van der Waals surface area contributed by atoms with Crippen LogP contribution in [0.5, 0.6) is 5.75 Å². The molecule has 2 aromatic rings. The standard InChI is InChI=1S/C19H20N4O4/c1-13-3-7-15(8-4-13)22-17(24)12-27-16-9-5-14(6-10-16)11-21-23-19(26)18(25)20-2/h3-11H,12H2,1-2H3,(H,20,25)(H,22,24)(H,23,26)/b21-11-. The Morgan fingerprint density at radius 1 is 1.00 bits per heavy atom. The molecule has 0 aromatic heterocycles. The second-order valence-electron chi connectivity index (χ2n) is 5.55. The molecule has 27 heavy (non-hydrogen) atoms. The maximum atomic E-state index is 11.9. The number of nitrogens with zero attached hydrogens (tertiary/aromatic N) is 1. The fraction of sp³-hybridized carbons (Fsp3) is 0.158. The average Bonchev–Trinajstić information content (AvgIpc) is 2.68. The van der Waals surface area contributed by atoms with E-state index in [1.807, 2.05) is 31.2 Å². The van der Waals surface area contributed by atoms with Crippen molar-refractivity contribution in [2.24, 2.45) is 5.10 Å². The highest BCUT2D eigenvalue weighted by Gasteiger charge is 2.08. The first-order valence-corrected chi connectivity index (χ1v) is 8.12. The van der Waals surface area contributed by atoms with E-state index in [-0.39, 0.29) is 12.5 Å². The SMILES string of the molecule is CNC(=O)C(=O)N/N=C\c1ccc(OCC(=O)Nc2ccc(C)cc2)cc1. The number of hydrazone groups is 1. The third-order valence-electron chi connectivity index (χ3n) is 3.40. The summed E-state index contributed by atoms with van der Waals surface area (Å²) in [5.74, 6) is -1.38. The van der Waals surface area contributed by atoms with Crippen LogP contribution in [0.1, 0.15) is 11.1 Å². The monoisotopic (exact) mass is 368 g/mol. The van der Waals surface area contributed by atoms with Crippen LogP contribution < -0.4 is 20.8 Å². The number of likely N-dealkylation sites (N-methyl/N-ethyl adjacent to an activating group) is 1. The molecule has 0 atom stereocenters. The predicted molar refractivity (Wildman–Crippen MR) is 102 cm³/mol. The highest BCUT2D eigenvalue weighted by Crippen LogP contribution is 2.12. The van der Waals surface area contributed by atoms with Crippen LogP contribution in [0.25, 0.3) is 0 Å². The Morgan fingerprint density at radius 2 is 1.67 bits per heavy atom. The zero-order valence-corrected chi connectivity index (χ0v) is 15.0. The van der Waals surface area contributed by atoms with Crippen molar-refractivity contribution in [3.05, 3.63) is 59.7 Å². The lowest BCUT2D eigenvalue weighted by Gasteiger charge is -2.08. The van der Waals surface area contributed by atoms with Gasteiger partial charge in [-0.05, 0) is 48.9 Å². The van der Waals surface area contributed by atoms with Crippen molar-refractivity contribution in [3.8, 4) is 5.75 Å². The lowest BCUT2D eigenvalue weighted by Crippen LogP contribution is -2.35. The van der Waals surface area contributed by atoms with E-state index in [1.54, 1.807) is 24.3 Å². The Bertz CT molecular complexity index is 830. The number of ether oxygens (including phenoxy) is 1. The lowest BCUT2D eigenvalue weighted by molar-refractivity contribution is -0.138. The Balaban J connectivity index is 1.79. The molecule has 3 amide bonds. The molecule has 0 aliphatic carbocycles. The highest BCUT2D eigenvalue weighted by molar-refractivity contribution is 6.34. The van der Waals surface area contributed by atoms with Gasteiger partial charge in [-0.25, -0.2) is 5.43 Å². The molecule has 0 radical (unpaired) electrons. The summed E-state index contributed by atoms with van der Waals surface area (Å²) in [6.45, 7) is 1.85. The second kappa shape index (κ2) is 9.71. The molecule has 0 unspecified atom stereocenters. The minimum atomic E-state index is -0.853. The molecule has 2 rings (SSSR count). The Hall–Kier alpha value is -3.68. The van der Waals surface area contributed by atoms with Crippen molar-refractivity contribution in [3.63, 3.8) is 0 Å². The molecule has 3 N–H and O–H groups in total. The summed E-state index contributed by atoms with van der Waals surface area (Å²) in [5.41, 5.74) is 4.60. The van der Waals surface area contributed by atoms with Crippen LogP contribution in [0, 0.1) is 6.92 Å². The van der Waals surface area contributed by atoms with E-state index >= 15 is 0 Å². The molecule has 8 nitrogen and oxygen atoms in total. The summed E-state index contributed by atoms with van der Waals surface area (Å²) < 4.78 is 5.43. The van der Waals surface area contributed by atoms with Crippen molar-refractivity contribution >= 4 is 29.6 Å². The first kappa shape index (κ1) is 19.6. The maximum absolute atomic E-state index is 11.9. The third kappa shape index (κ3) is 6.62. The van der Waals surface area contributed by atoms with Crippen LogP contribution >= 0.6 is 0 Å². The fourth-order valence-corrected chi connectivity index (χ4v) is 1.96. The Morgan fingerprint density at radius 3 is 2.30 bits per heavy atom. The Kier molecular flexibility index (Phi) is 7.07. The van der Waals surface area contributed by atoms with E-state index in [1.165, 1.54) is 13.3 Å². The first-order chi connectivity index (χ1) is 13.0. The molecule has 0 heterocycles. The number of amides is 3. The minimum absolute atomic E-state index is 0.122. The van der Waals surface area contributed by atoms with Gasteiger partial charge >= 0.3 is 11.8 Å². The lowest BCUT2D eigenvalue weighted by atomic mass is 10.2. The van der Waals surface area contributed by atoms with Gasteiger partial charge in [-0.3, -0.25) is 14.4 Å². The van der Waals surface area contributed by atoms with Gasteiger partial charge in [0, 0.05) is 12.7 Å². The van der Waals surface area contributed by atoms with Gasteiger partial charge in [0.05, 0.1) is 6.21 Å². The fourth-order valence-electron chi connectivity index (χ4n) is 1.96. The van der Waals surface area contributed by atoms with Crippen LogP contribution in [-0.4, -0.2) is 37.6 Å². The molecular formula is C19H20N4O4. The number of hydrogen-bond acceptors (Lipinski definition) is 5. The number of carbonyl (C=O) groups excluding carboxylic acids is 3. The van der Waals surface area contributed by atoms with Gasteiger partial charge in [-0.15, -0.1) is 0 Å². The van der Waals surface area contributed by atoms with Crippen molar-refractivity contribution in [2.45, 2.75) is 6.92 Å². The van der Waals surface area contributed by atoms with Gasteiger partial charge in [0.2, 0.25) is 0 Å². The molecule has 0 bridgehead atoms. The molecule has 140 valence electrons. The van der Waals surface area contributed by atoms with Crippen LogP contribution in [-0.2, 0) is 14.4 Å². The largest absolute Gasteiger partial charge is 0.484 e. The normalized spacial score (nSPS) is 10.3. The number of aryl methyl sites for hydroxylation is 1. The molecule has 0 aliphatic heterocycles. The Labute approximate surface area is 156 Å². The van der Waals surface area contributed by atoms with Crippen molar-refractivity contribution in [1.82, 2.24) is 10.7 Å². The third-order valence-corrected chi connectivity index (χ3v) is 3.40. The number of nitrogens with one attached hydrogen (secondary N) is 3. The number of benzene rings is 2. The quantitative estimate of drug-likeness (QED) is 0.404. The average molecular weight is 368 g/mol. The maximum Gasteiger partial charge on any atom is 0.329 e. The van der Waals surface area contributed by atoms with Gasteiger partial charge in [0.25, 0.3) is 5.91 Å². The summed E-state index contributed by atoms with van der Waals surface area (Å²) in [4.78, 5) is 34.1. The number of rotatable bonds is 6. The predicted octanol–water partition coefficient (Wildman–Crippen LogP) is 1.21. The number of anilines is 1. The second-order valence-corrected chi connectivity index (χ2v) is 5.55. The minimum Gasteiger partial charge on any atom is -0.484 e. The van der Waals surface area contributed by atoms with Crippen molar-refractivity contribution < 1.29 is 19.1 Å². The van der Waals surface area contributed by atoms with Crippen molar-refractivity contribution in [1.29, 1.82) is 0 Å². The molecule has 0 saturated heterocycles. The summed E-state index contributed by atoms with van der Waals surface area (Å²) in [6.07, 6.45) is 1.38. The van der Waals surface area contributed by atoms with Gasteiger partial charge in [0.1, 0.15) is 5.75 Å². The topological polar surface area (TPSA) is 109 Å². The van der Waals surface area contributed by atoms with Gasteiger partial charge in [0.15, 0.2) is 6.61 Å². The van der Waals surface area contributed by atoms with E-state index in [0.29, 0.717) is 17.0 Å². The molecule has 8 heteroatoms. The van der Waals surface area contributed by atoms with E-state index in [0.717, 1.165) is 5.56 Å². The summed E-state index contributed by atoms with van der Waals surface area (Å²) >= 11 is 0. The molecule has 0 saturated carbocycles. The van der Waals surface area contributed by atoms with E-state index in [2.05, 4.69) is 21.2 Å². The highest BCUT2D eigenvalue weighted by atomic mass is 16.5. The number of hydrogen-bond donors (Lipinski definition) is 3. The zero-order valence-electron chi connectivity index (χ0n) is 15.0. The smallest absolute Gasteiger partial charge is 0.329 e. The summed E-state index contributed by atoms with van der Waals surface area (Å²) in [5, 5.41) is 8.61. The van der Waals surface area contributed by atoms with Gasteiger partial charge in [-0.2, -0.15) is 5.10 Å². The van der Waals surface area contributed by atoms with E-state index in [4.69, 9.17) is 4.74 Å². The van der Waals surface area contributed by atoms with E-state index in [9.17, 15) is 14.4 Å². The summed E-state index contributed by atoms with van der Waals surface area (Å²) in [7, 11) is 1.35. The van der Waals surface area contributed by atoms with Crippen LogP contribution in [0.15, 0.2) is 53.6 Å². The number of carbonyl (C=O) groups is 3. The zero-order chi connectivity index (χ0) is 19.6. The molecule has 0 fully saturated rings.